The molecule has 0 radical (unpaired) electrons. The first-order valence-electron chi connectivity index (χ1n) is 4.36. The predicted molar refractivity (Wildman–Crippen MR) is 54.8 cm³/mol. The van der Waals surface area contributed by atoms with Crippen molar-refractivity contribution in [1.29, 1.82) is 0 Å². The van der Waals surface area contributed by atoms with Gasteiger partial charge in [0.2, 0.25) is 0 Å². The van der Waals surface area contributed by atoms with Gasteiger partial charge in [-0.25, -0.2) is 0 Å². The summed E-state index contributed by atoms with van der Waals surface area (Å²) in [6.07, 6.45) is 0.961. The summed E-state index contributed by atoms with van der Waals surface area (Å²) in [4.78, 5) is 9.49. The summed E-state index contributed by atoms with van der Waals surface area (Å²) in [5.74, 6) is 0. The van der Waals surface area contributed by atoms with E-state index in [0.717, 1.165) is 24.6 Å². The van der Waals surface area contributed by atoms with E-state index in [9.17, 15) is 4.80 Å². The maximum Gasteiger partial charge on any atom is 0.182 e. The SMILES string of the molecule is C=C(C)COCCC[Si](C)(C)O. The van der Waals surface area contributed by atoms with E-state index >= 15 is 0 Å². The molecular formula is C9H20O2Si. The monoisotopic (exact) mass is 188 g/mol. The van der Waals surface area contributed by atoms with E-state index in [1.165, 1.54) is 0 Å². The number of ether oxygens (including phenoxy) is 1. The fourth-order valence-corrected chi connectivity index (χ4v) is 1.86. The molecule has 0 saturated carbocycles. The Morgan fingerprint density at radius 1 is 1.50 bits per heavy atom. The lowest BCUT2D eigenvalue weighted by Crippen LogP contribution is -2.24. The van der Waals surface area contributed by atoms with Crippen LogP contribution in [0.3, 0.4) is 0 Å². The van der Waals surface area contributed by atoms with Gasteiger partial charge in [0.15, 0.2) is 8.32 Å². The smallest absolute Gasteiger partial charge is 0.182 e. The predicted octanol–water partition coefficient (Wildman–Crippen LogP) is 2.17. The van der Waals surface area contributed by atoms with Gasteiger partial charge in [0.1, 0.15) is 0 Å². The second-order valence-electron chi connectivity index (χ2n) is 3.93. The van der Waals surface area contributed by atoms with Crippen molar-refractivity contribution >= 4 is 8.32 Å². The van der Waals surface area contributed by atoms with E-state index < -0.39 is 8.32 Å². The first kappa shape index (κ1) is 11.9. The van der Waals surface area contributed by atoms with E-state index in [1.807, 2.05) is 20.0 Å². The van der Waals surface area contributed by atoms with Crippen LogP contribution in [-0.2, 0) is 4.74 Å². The number of hydrogen-bond acceptors (Lipinski definition) is 2. The third kappa shape index (κ3) is 9.88. The lowest BCUT2D eigenvalue weighted by molar-refractivity contribution is 0.156. The van der Waals surface area contributed by atoms with Crippen molar-refractivity contribution in [3.8, 4) is 0 Å². The normalized spacial score (nSPS) is 11.7. The molecule has 0 aliphatic rings. The molecule has 0 aromatic heterocycles. The van der Waals surface area contributed by atoms with Crippen molar-refractivity contribution in [2.75, 3.05) is 13.2 Å². The molecule has 0 aromatic rings. The van der Waals surface area contributed by atoms with Gasteiger partial charge in [-0.1, -0.05) is 12.2 Å². The second-order valence-corrected chi connectivity index (χ2v) is 8.05. The molecule has 1 N–H and O–H groups in total. The lowest BCUT2D eigenvalue weighted by atomic mass is 10.4. The first-order chi connectivity index (χ1) is 5.42. The topological polar surface area (TPSA) is 29.5 Å². The van der Waals surface area contributed by atoms with Gasteiger partial charge in [-0.15, -0.1) is 0 Å². The van der Waals surface area contributed by atoms with Crippen molar-refractivity contribution in [3.63, 3.8) is 0 Å². The van der Waals surface area contributed by atoms with Gasteiger partial charge in [0, 0.05) is 6.61 Å². The van der Waals surface area contributed by atoms with Crippen LogP contribution in [0.25, 0.3) is 0 Å². The number of hydrogen-bond donors (Lipinski definition) is 1. The Balaban J connectivity index is 3.17. The summed E-state index contributed by atoms with van der Waals surface area (Å²) >= 11 is 0. The van der Waals surface area contributed by atoms with Gasteiger partial charge in [0.25, 0.3) is 0 Å². The van der Waals surface area contributed by atoms with Crippen LogP contribution >= 0.6 is 0 Å². The Labute approximate surface area is 76.4 Å². The molecule has 0 unspecified atom stereocenters. The van der Waals surface area contributed by atoms with Crippen LogP contribution in [0.15, 0.2) is 12.2 Å². The summed E-state index contributed by atoms with van der Waals surface area (Å²) in [5, 5.41) is 0. The van der Waals surface area contributed by atoms with E-state index in [-0.39, 0.29) is 0 Å². The zero-order chi connectivity index (χ0) is 9.61. The van der Waals surface area contributed by atoms with Crippen LogP contribution in [0.2, 0.25) is 19.1 Å². The number of rotatable bonds is 6. The Bertz CT molecular complexity index is 138. The van der Waals surface area contributed by atoms with Crippen LogP contribution in [0, 0.1) is 0 Å². The molecule has 0 aliphatic heterocycles. The standard InChI is InChI=1S/C9H20O2Si/c1-9(2)8-11-6-5-7-12(3,4)10/h10H,1,5-8H2,2-4H3. The Morgan fingerprint density at radius 2 is 2.08 bits per heavy atom. The minimum atomic E-state index is -1.84. The van der Waals surface area contributed by atoms with Gasteiger partial charge in [-0.2, -0.15) is 0 Å². The van der Waals surface area contributed by atoms with Gasteiger partial charge in [0.05, 0.1) is 6.61 Å². The molecular weight excluding hydrogens is 168 g/mol. The lowest BCUT2D eigenvalue weighted by Gasteiger charge is -2.13. The van der Waals surface area contributed by atoms with Crippen LogP contribution in [0.5, 0.6) is 0 Å². The zero-order valence-electron chi connectivity index (χ0n) is 8.39. The van der Waals surface area contributed by atoms with Crippen LogP contribution < -0.4 is 0 Å². The average Bonchev–Trinajstić information content (AvgIpc) is 1.83. The highest BCUT2D eigenvalue weighted by atomic mass is 28.4. The van der Waals surface area contributed by atoms with Crippen molar-refractivity contribution in [2.45, 2.75) is 32.5 Å². The molecule has 2 nitrogen and oxygen atoms in total. The first-order valence-corrected chi connectivity index (χ1v) is 7.52. The molecule has 3 heteroatoms. The van der Waals surface area contributed by atoms with Gasteiger partial charge >= 0.3 is 0 Å². The summed E-state index contributed by atoms with van der Waals surface area (Å²) in [5.41, 5.74) is 1.05. The average molecular weight is 188 g/mol. The Kier molecular flexibility index (Phi) is 5.45. The van der Waals surface area contributed by atoms with Gasteiger partial charge in [-0.05, 0) is 32.5 Å². The summed E-state index contributed by atoms with van der Waals surface area (Å²) < 4.78 is 5.30. The van der Waals surface area contributed by atoms with Crippen molar-refractivity contribution in [1.82, 2.24) is 0 Å². The molecule has 0 aliphatic carbocycles. The highest BCUT2D eigenvalue weighted by Gasteiger charge is 2.15. The molecule has 0 rings (SSSR count). The van der Waals surface area contributed by atoms with Crippen molar-refractivity contribution < 1.29 is 9.53 Å². The minimum absolute atomic E-state index is 0.646. The Morgan fingerprint density at radius 3 is 2.50 bits per heavy atom. The summed E-state index contributed by atoms with van der Waals surface area (Å²) in [6.45, 7) is 11.0. The molecule has 0 atom stereocenters. The molecule has 72 valence electrons. The quantitative estimate of drug-likeness (QED) is 0.393. The molecule has 12 heavy (non-hydrogen) atoms. The van der Waals surface area contributed by atoms with E-state index in [0.29, 0.717) is 6.61 Å². The minimum Gasteiger partial charge on any atom is -0.432 e. The maximum atomic E-state index is 9.49. The summed E-state index contributed by atoms with van der Waals surface area (Å²) in [7, 11) is -1.84. The highest BCUT2D eigenvalue weighted by Crippen LogP contribution is 2.07. The van der Waals surface area contributed by atoms with E-state index in [4.69, 9.17) is 4.74 Å². The second kappa shape index (κ2) is 5.51. The zero-order valence-corrected chi connectivity index (χ0v) is 9.39. The molecule has 0 bridgehead atoms. The van der Waals surface area contributed by atoms with E-state index in [2.05, 4.69) is 6.58 Å². The van der Waals surface area contributed by atoms with Crippen LogP contribution in [0.4, 0.5) is 0 Å². The molecule has 0 saturated heterocycles. The highest BCUT2D eigenvalue weighted by molar-refractivity contribution is 6.69. The third-order valence-corrected chi connectivity index (χ3v) is 3.00. The fraction of sp³-hybridized carbons (Fsp3) is 0.778. The van der Waals surface area contributed by atoms with Crippen LogP contribution in [0.1, 0.15) is 13.3 Å². The molecule has 0 aromatic carbocycles. The third-order valence-electron chi connectivity index (χ3n) is 1.43. The van der Waals surface area contributed by atoms with Crippen molar-refractivity contribution in [3.05, 3.63) is 12.2 Å². The molecule has 0 spiro atoms. The largest absolute Gasteiger partial charge is 0.432 e. The molecule has 0 amide bonds. The van der Waals surface area contributed by atoms with Gasteiger partial charge in [-0.3, -0.25) is 0 Å². The fourth-order valence-electron chi connectivity index (χ4n) is 0.853. The Hall–Kier alpha value is -0.123. The van der Waals surface area contributed by atoms with Gasteiger partial charge < -0.3 is 9.53 Å². The molecule has 0 heterocycles. The molecule has 0 fully saturated rings. The van der Waals surface area contributed by atoms with Crippen molar-refractivity contribution in [2.24, 2.45) is 0 Å². The summed E-state index contributed by atoms with van der Waals surface area (Å²) in [6, 6.07) is 0.920. The maximum absolute atomic E-state index is 9.49. The van der Waals surface area contributed by atoms with E-state index in [1.54, 1.807) is 0 Å². The van der Waals surface area contributed by atoms with Crippen LogP contribution in [-0.4, -0.2) is 26.3 Å².